The molecule has 2 aromatic carbocycles. The number of hydrogen-bond donors (Lipinski definition) is 4. The third-order valence-corrected chi connectivity index (χ3v) is 6.60. The van der Waals surface area contributed by atoms with Crippen LogP contribution >= 0.6 is 0 Å². The van der Waals surface area contributed by atoms with Gasteiger partial charge >= 0.3 is 5.97 Å². The molecular weight excluding hydrogens is 524 g/mol. The molecule has 4 N–H and O–H groups in total. The first-order valence-electron chi connectivity index (χ1n) is 12.5. The standard InChI is InChI=1S/C29H30O11/c1-14-10-20(37-3)24(27-23(14)19(33)12-18(38-27)11-15(2)31)28-29(26(36)25(35)21(13-30)39-28)40-22(34)9-6-16-4-7-17(32)8-5-16/h4-10,12,21,25-26,28-30,32,35-36H,11,13H2,1-3H3/t21-,25-,26+,28-,29-/m1/s1. The average molecular weight is 555 g/mol. The fourth-order valence-electron chi connectivity index (χ4n) is 4.71. The molecule has 0 aliphatic carbocycles. The van der Waals surface area contributed by atoms with E-state index in [0.717, 1.165) is 6.08 Å². The van der Waals surface area contributed by atoms with Crippen LogP contribution in [-0.2, 0) is 25.5 Å². The van der Waals surface area contributed by atoms with Gasteiger partial charge in [0.2, 0.25) is 0 Å². The number of carbonyl (C=O) groups is 2. The van der Waals surface area contributed by atoms with Crippen LogP contribution in [0.25, 0.3) is 17.0 Å². The van der Waals surface area contributed by atoms with Gasteiger partial charge in [-0.1, -0.05) is 12.1 Å². The Bertz CT molecular complexity index is 1490. The Morgan fingerprint density at radius 1 is 1.10 bits per heavy atom. The summed E-state index contributed by atoms with van der Waals surface area (Å²) in [7, 11) is 1.36. The first-order chi connectivity index (χ1) is 19.0. The summed E-state index contributed by atoms with van der Waals surface area (Å²) in [5.41, 5.74) is 0.735. The zero-order valence-electron chi connectivity index (χ0n) is 22.1. The Balaban J connectivity index is 1.83. The van der Waals surface area contributed by atoms with Crippen LogP contribution in [-0.4, -0.2) is 70.3 Å². The molecule has 0 saturated carbocycles. The number of ketones is 1. The molecule has 1 aliphatic heterocycles. The summed E-state index contributed by atoms with van der Waals surface area (Å²) in [6.45, 7) is 2.33. The quantitative estimate of drug-likeness (QED) is 0.236. The van der Waals surface area contributed by atoms with Crippen molar-refractivity contribution in [2.24, 2.45) is 0 Å². The summed E-state index contributed by atoms with van der Waals surface area (Å²) in [6.07, 6.45) is -5.15. The lowest BCUT2D eigenvalue weighted by molar-refractivity contribution is -0.239. The van der Waals surface area contributed by atoms with Gasteiger partial charge in [-0.3, -0.25) is 9.59 Å². The van der Waals surface area contributed by atoms with Crippen molar-refractivity contribution in [3.63, 3.8) is 0 Å². The second-order valence-corrected chi connectivity index (χ2v) is 9.55. The maximum Gasteiger partial charge on any atom is 0.331 e. The molecule has 11 heteroatoms. The molecule has 1 aliphatic rings. The van der Waals surface area contributed by atoms with E-state index < -0.39 is 48.5 Å². The normalized spacial score (nSPS) is 22.9. The smallest absolute Gasteiger partial charge is 0.331 e. The number of aromatic hydroxyl groups is 1. The van der Waals surface area contributed by atoms with Gasteiger partial charge in [-0.2, -0.15) is 0 Å². The van der Waals surface area contributed by atoms with Crippen LogP contribution in [0, 0.1) is 6.92 Å². The zero-order valence-corrected chi connectivity index (χ0v) is 22.1. The van der Waals surface area contributed by atoms with Crippen LogP contribution < -0.4 is 10.2 Å². The van der Waals surface area contributed by atoms with Crippen molar-refractivity contribution in [1.82, 2.24) is 0 Å². The van der Waals surface area contributed by atoms with Gasteiger partial charge in [-0.25, -0.2) is 4.79 Å². The molecular formula is C29H30O11. The fraction of sp³-hybridized carbons (Fsp3) is 0.345. The summed E-state index contributed by atoms with van der Waals surface area (Å²) in [6, 6.07) is 8.79. The Hall–Kier alpha value is -4.03. The molecule has 5 atom stereocenters. The number of esters is 1. The number of benzene rings is 2. The van der Waals surface area contributed by atoms with E-state index in [2.05, 4.69) is 0 Å². The number of carbonyl (C=O) groups excluding carboxylic acids is 2. The Kier molecular flexibility index (Phi) is 8.70. The first kappa shape index (κ1) is 29.0. The molecule has 0 unspecified atom stereocenters. The van der Waals surface area contributed by atoms with Crippen LogP contribution in [0.1, 0.15) is 35.5 Å². The van der Waals surface area contributed by atoms with Crippen LogP contribution in [0.2, 0.25) is 0 Å². The summed E-state index contributed by atoms with van der Waals surface area (Å²) in [5, 5.41) is 41.0. The predicted octanol–water partition coefficient (Wildman–Crippen LogP) is 1.73. The molecule has 3 aromatic rings. The van der Waals surface area contributed by atoms with E-state index in [0.29, 0.717) is 11.1 Å². The van der Waals surface area contributed by atoms with Gasteiger partial charge in [0, 0.05) is 12.1 Å². The molecule has 2 heterocycles. The summed E-state index contributed by atoms with van der Waals surface area (Å²) in [5.74, 6) is -0.841. The van der Waals surface area contributed by atoms with E-state index in [1.54, 1.807) is 25.1 Å². The third-order valence-electron chi connectivity index (χ3n) is 6.60. The molecule has 40 heavy (non-hydrogen) atoms. The van der Waals surface area contributed by atoms with Crippen molar-refractivity contribution in [2.45, 2.75) is 50.8 Å². The minimum atomic E-state index is -1.71. The number of hydrogen-bond acceptors (Lipinski definition) is 11. The molecule has 0 spiro atoms. The van der Waals surface area contributed by atoms with Crippen molar-refractivity contribution >= 4 is 28.8 Å². The third kappa shape index (κ3) is 5.92. The molecule has 4 rings (SSSR count). The van der Waals surface area contributed by atoms with E-state index in [1.165, 1.54) is 38.3 Å². The molecule has 1 fully saturated rings. The van der Waals surface area contributed by atoms with Crippen molar-refractivity contribution in [1.29, 1.82) is 0 Å². The van der Waals surface area contributed by atoms with Crippen molar-refractivity contribution in [3.8, 4) is 11.5 Å². The van der Waals surface area contributed by atoms with E-state index >= 15 is 0 Å². The summed E-state index contributed by atoms with van der Waals surface area (Å²) in [4.78, 5) is 37.7. The number of aryl methyl sites for hydroxylation is 1. The number of ether oxygens (including phenoxy) is 3. The Morgan fingerprint density at radius 3 is 2.42 bits per heavy atom. The highest BCUT2D eigenvalue weighted by molar-refractivity contribution is 5.88. The van der Waals surface area contributed by atoms with Crippen molar-refractivity contribution in [3.05, 3.63) is 75.1 Å². The van der Waals surface area contributed by atoms with E-state index in [4.69, 9.17) is 18.6 Å². The number of phenolic OH excluding ortho intramolecular Hbond substituents is 1. The van der Waals surface area contributed by atoms with Gasteiger partial charge in [0.1, 0.15) is 53.0 Å². The van der Waals surface area contributed by atoms with Crippen molar-refractivity contribution in [2.75, 3.05) is 13.7 Å². The van der Waals surface area contributed by atoms with Gasteiger partial charge in [-0.05, 0) is 49.2 Å². The minimum Gasteiger partial charge on any atom is -0.508 e. The highest BCUT2D eigenvalue weighted by atomic mass is 16.6. The van der Waals surface area contributed by atoms with E-state index in [-0.39, 0.29) is 46.0 Å². The Labute approximate surface area is 228 Å². The van der Waals surface area contributed by atoms with Crippen LogP contribution in [0.5, 0.6) is 11.5 Å². The average Bonchev–Trinajstić information content (AvgIpc) is 2.90. The lowest BCUT2D eigenvalue weighted by Gasteiger charge is -2.42. The molecule has 1 aromatic heterocycles. The molecule has 1 saturated heterocycles. The van der Waals surface area contributed by atoms with Crippen LogP contribution in [0.3, 0.4) is 0 Å². The number of methoxy groups -OCH3 is 1. The topological polar surface area (TPSA) is 173 Å². The zero-order chi connectivity index (χ0) is 29.1. The minimum absolute atomic E-state index is 0.00781. The second kappa shape index (κ2) is 12.0. The second-order valence-electron chi connectivity index (χ2n) is 9.55. The lowest BCUT2D eigenvalue weighted by atomic mass is 9.89. The van der Waals surface area contributed by atoms with Crippen LogP contribution in [0.15, 0.2) is 51.7 Å². The molecule has 0 radical (unpaired) electrons. The SMILES string of the molecule is COc1cc(C)c2c(=O)cc(CC(C)=O)oc2c1[C@H]1O[C@H](CO)[C@@H](O)[C@H](O)[C@H]1OC(=O)C=Cc1ccc(O)cc1. The Morgan fingerprint density at radius 2 is 1.80 bits per heavy atom. The maximum atomic E-state index is 13.1. The van der Waals surface area contributed by atoms with E-state index in [1.807, 2.05) is 0 Å². The number of fused-ring (bicyclic) bond motifs is 1. The van der Waals surface area contributed by atoms with Gasteiger partial charge in [0.05, 0.1) is 31.1 Å². The summed E-state index contributed by atoms with van der Waals surface area (Å²) < 4.78 is 23.1. The molecule has 0 amide bonds. The van der Waals surface area contributed by atoms with Gasteiger partial charge in [-0.15, -0.1) is 0 Å². The number of aliphatic hydroxyl groups is 3. The van der Waals surface area contributed by atoms with Gasteiger partial charge in [0.15, 0.2) is 11.5 Å². The monoisotopic (exact) mass is 554 g/mol. The van der Waals surface area contributed by atoms with Gasteiger partial charge in [0.25, 0.3) is 0 Å². The van der Waals surface area contributed by atoms with Gasteiger partial charge < -0.3 is 39.1 Å². The first-order valence-corrected chi connectivity index (χ1v) is 12.5. The number of phenols is 1. The number of rotatable bonds is 8. The predicted molar refractivity (Wildman–Crippen MR) is 142 cm³/mol. The fourth-order valence-corrected chi connectivity index (χ4v) is 4.71. The largest absolute Gasteiger partial charge is 0.508 e. The summed E-state index contributed by atoms with van der Waals surface area (Å²) >= 11 is 0. The highest BCUT2D eigenvalue weighted by Crippen LogP contribution is 2.43. The molecule has 212 valence electrons. The van der Waals surface area contributed by atoms with Crippen molar-refractivity contribution < 1.29 is 48.6 Å². The highest BCUT2D eigenvalue weighted by Gasteiger charge is 2.49. The number of Topliss-reactive ketones (excluding diaryl/α,β-unsaturated/α-hetero) is 1. The molecule has 11 nitrogen and oxygen atoms in total. The number of aliphatic hydroxyl groups excluding tert-OH is 3. The van der Waals surface area contributed by atoms with E-state index in [9.17, 15) is 34.8 Å². The molecule has 0 bridgehead atoms. The lowest BCUT2D eigenvalue weighted by Crippen LogP contribution is -2.56. The maximum absolute atomic E-state index is 13.1. The van der Waals surface area contributed by atoms with Crippen LogP contribution in [0.4, 0.5) is 0 Å².